The van der Waals surface area contributed by atoms with Crippen LogP contribution in [0.1, 0.15) is 40.0 Å². The van der Waals surface area contributed by atoms with Gasteiger partial charge in [-0.2, -0.15) is 0 Å². The molecule has 9 heteroatoms. The number of carbonyl (C=O) groups is 1. The maximum atomic E-state index is 13.1. The summed E-state index contributed by atoms with van der Waals surface area (Å²) in [6.45, 7) is 11.3. The molecule has 1 unspecified atom stereocenters. The third-order valence-electron chi connectivity index (χ3n) is 5.65. The lowest BCUT2D eigenvalue weighted by atomic mass is 9.94. The molecule has 33 heavy (non-hydrogen) atoms. The van der Waals surface area contributed by atoms with E-state index in [0.717, 1.165) is 38.2 Å². The fraction of sp³-hybridized carbons (Fsp3) is 0.667. The van der Waals surface area contributed by atoms with Gasteiger partial charge < -0.3 is 25.5 Å². The second-order valence-corrected chi connectivity index (χ2v) is 8.75. The number of hydrogen-bond acceptors (Lipinski definition) is 4. The number of nitrogens with one attached hydrogen (secondary N) is 2. The van der Waals surface area contributed by atoms with Crippen LogP contribution < -0.4 is 15.5 Å². The lowest BCUT2D eigenvalue weighted by Crippen LogP contribution is -2.49. The van der Waals surface area contributed by atoms with Gasteiger partial charge in [0.05, 0.1) is 0 Å². The topological polar surface area (TPSA) is 80.2 Å². The number of amides is 1. The number of anilines is 1. The summed E-state index contributed by atoms with van der Waals surface area (Å²) in [6.07, 6.45) is 2.20. The summed E-state index contributed by atoms with van der Waals surface area (Å²) < 4.78 is 13.1. The largest absolute Gasteiger partial charge is 0.396 e. The third kappa shape index (κ3) is 10.9. The first-order valence-corrected chi connectivity index (χ1v) is 11.8. The predicted octanol–water partition coefficient (Wildman–Crippen LogP) is 3.08. The van der Waals surface area contributed by atoms with Crippen molar-refractivity contribution in [3.05, 3.63) is 30.1 Å². The molecule has 1 atom stereocenters. The molecule has 2 rings (SSSR count). The highest BCUT2D eigenvalue weighted by Crippen LogP contribution is 2.17. The highest BCUT2D eigenvalue weighted by Gasteiger charge is 2.21. The summed E-state index contributed by atoms with van der Waals surface area (Å²) in [6, 6.07) is 6.50. The van der Waals surface area contributed by atoms with Gasteiger partial charge in [0.1, 0.15) is 5.82 Å². The van der Waals surface area contributed by atoms with E-state index < -0.39 is 0 Å². The van der Waals surface area contributed by atoms with Crippen molar-refractivity contribution in [2.24, 2.45) is 16.8 Å². The molecule has 7 nitrogen and oxygen atoms in total. The molecule has 1 aromatic rings. The van der Waals surface area contributed by atoms with Crippen molar-refractivity contribution in [1.29, 1.82) is 0 Å². The van der Waals surface area contributed by atoms with Crippen molar-refractivity contribution in [3.8, 4) is 0 Å². The van der Waals surface area contributed by atoms with Crippen LogP contribution in [0, 0.1) is 17.7 Å². The van der Waals surface area contributed by atoms with Crippen molar-refractivity contribution in [3.63, 3.8) is 0 Å². The molecule has 1 aromatic carbocycles. The van der Waals surface area contributed by atoms with E-state index in [-0.39, 0.29) is 42.3 Å². The summed E-state index contributed by atoms with van der Waals surface area (Å²) in [5.41, 5.74) is 0.989. The molecule has 0 saturated carbocycles. The monoisotopic (exact) mass is 577 g/mol. The number of aliphatic hydroxyl groups excluding tert-OH is 1. The van der Waals surface area contributed by atoms with E-state index in [1.54, 1.807) is 12.1 Å². The van der Waals surface area contributed by atoms with Crippen LogP contribution in [0.3, 0.4) is 0 Å². The van der Waals surface area contributed by atoms with Crippen molar-refractivity contribution in [1.82, 2.24) is 15.5 Å². The normalized spacial score (nSPS) is 15.3. The van der Waals surface area contributed by atoms with Crippen molar-refractivity contribution in [2.45, 2.75) is 40.0 Å². The number of aliphatic hydroxyl groups is 1. The fourth-order valence-electron chi connectivity index (χ4n) is 4.01. The maximum absolute atomic E-state index is 13.1. The molecule has 1 fully saturated rings. The van der Waals surface area contributed by atoms with Crippen molar-refractivity contribution < 1.29 is 14.3 Å². The first kappa shape index (κ1) is 29.4. The molecule has 0 bridgehead atoms. The van der Waals surface area contributed by atoms with Crippen LogP contribution in [0.25, 0.3) is 0 Å². The van der Waals surface area contributed by atoms with E-state index in [4.69, 9.17) is 0 Å². The number of benzene rings is 1. The lowest BCUT2D eigenvalue weighted by molar-refractivity contribution is -0.131. The van der Waals surface area contributed by atoms with Gasteiger partial charge in [0.2, 0.25) is 5.91 Å². The fourth-order valence-corrected chi connectivity index (χ4v) is 4.01. The highest BCUT2D eigenvalue weighted by atomic mass is 127. The number of aliphatic imine (C=N–C) groups is 1. The quantitative estimate of drug-likeness (QED) is 0.214. The minimum Gasteiger partial charge on any atom is -0.396 e. The summed E-state index contributed by atoms with van der Waals surface area (Å²) in [5.74, 6) is 1.53. The van der Waals surface area contributed by atoms with Gasteiger partial charge in [-0.1, -0.05) is 13.8 Å². The van der Waals surface area contributed by atoms with Gasteiger partial charge in [0, 0.05) is 64.5 Å². The van der Waals surface area contributed by atoms with Crippen LogP contribution in [0.4, 0.5) is 10.1 Å². The second kappa shape index (κ2) is 16.1. The van der Waals surface area contributed by atoms with Gasteiger partial charge >= 0.3 is 0 Å². The van der Waals surface area contributed by atoms with Crippen LogP contribution >= 0.6 is 24.0 Å². The molecule has 1 saturated heterocycles. The summed E-state index contributed by atoms with van der Waals surface area (Å²) in [5, 5.41) is 15.8. The summed E-state index contributed by atoms with van der Waals surface area (Å²) >= 11 is 0. The Hall–Kier alpha value is -1.62. The van der Waals surface area contributed by atoms with E-state index in [2.05, 4.69) is 34.4 Å². The van der Waals surface area contributed by atoms with E-state index in [1.165, 1.54) is 12.1 Å². The molecule has 0 aliphatic carbocycles. The Balaban J connectivity index is 0.00000544. The number of carbonyl (C=O) groups excluding carboxylic acids is 1. The Morgan fingerprint density at radius 1 is 1.15 bits per heavy atom. The lowest BCUT2D eigenvalue weighted by Gasteiger charge is -2.36. The van der Waals surface area contributed by atoms with Crippen molar-refractivity contribution in [2.75, 3.05) is 57.3 Å². The van der Waals surface area contributed by atoms with Crippen LogP contribution in [0.5, 0.6) is 0 Å². The number of guanidine groups is 1. The Labute approximate surface area is 215 Å². The second-order valence-electron chi connectivity index (χ2n) is 8.75. The summed E-state index contributed by atoms with van der Waals surface area (Å²) in [7, 11) is 0. The number of rotatable bonds is 11. The molecule has 0 aromatic heterocycles. The van der Waals surface area contributed by atoms with Gasteiger partial charge in [-0.25, -0.2) is 4.39 Å². The first-order valence-electron chi connectivity index (χ1n) is 11.8. The molecule has 3 N–H and O–H groups in total. The molecular formula is C24H41FIN5O2. The van der Waals surface area contributed by atoms with E-state index in [0.29, 0.717) is 50.4 Å². The zero-order valence-electron chi connectivity index (χ0n) is 20.2. The third-order valence-corrected chi connectivity index (χ3v) is 5.65. The molecule has 1 heterocycles. The van der Waals surface area contributed by atoms with Crippen LogP contribution in [0.2, 0.25) is 0 Å². The van der Waals surface area contributed by atoms with E-state index in [9.17, 15) is 14.3 Å². The van der Waals surface area contributed by atoms with Gasteiger partial charge in [0.15, 0.2) is 5.96 Å². The van der Waals surface area contributed by atoms with Gasteiger partial charge in [-0.3, -0.25) is 9.79 Å². The Morgan fingerprint density at radius 2 is 1.82 bits per heavy atom. The van der Waals surface area contributed by atoms with Crippen LogP contribution in [0.15, 0.2) is 29.3 Å². The van der Waals surface area contributed by atoms with E-state index in [1.807, 2.05) is 11.8 Å². The predicted molar refractivity (Wildman–Crippen MR) is 144 cm³/mol. The molecule has 188 valence electrons. The maximum Gasteiger partial charge on any atom is 0.224 e. The average Bonchev–Trinajstić information content (AvgIpc) is 2.77. The minimum absolute atomic E-state index is 0. The number of halogens is 2. The van der Waals surface area contributed by atoms with E-state index >= 15 is 0 Å². The Morgan fingerprint density at radius 3 is 2.39 bits per heavy atom. The van der Waals surface area contributed by atoms with Crippen LogP contribution in [-0.2, 0) is 4.79 Å². The molecule has 1 aliphatic heterocycles. The molecule has 1 aliphatic rings. The van der Waals surface area contributed by atoms with Crippen LogP contribution in [-0.4, -0.2) is 74.3 Å². The zero-order valence-corrected chi connectivity index (χ0v) is 22.6. The minimum atomic E-state index is -0.237. The molecular weight excluding hydrogens is 536 g/mol. The number of piperazine rings is 1. The SMILES string of the molecule is CCNC(=NCC(CCO)CC(C)C)NCCC(=O)N1CCN(c2ccc(F)cc2)CC1.I. The molecule has 0 spiro atoms. The molecule has 1 amide bonds. The smallest absolute Gasteiger partial charge is 0.224 e. The average molecular weight is 578 g/mol. The molecule has 0 radical (unpaired) electrons. The van der Waals surface area contributed by atoms with Crippen molar-refractivity contribution >= 4 is 41.5 Å². The Bertz CT molecular complexity index is 709. The van der Waals surface area contributed by atoms with Gasteiger partial charge in [-0.15, -0.1) is 24.0 Å². The van der Waals surface area contributed by atoms with Gasteiger partial charge in [0.25, 0.3) is 0 Å². The zero-order chi connectivity index (χ0) is 23.3. The first-order chi connectivity index (χ1) is 15.4. The summed E-state index contributed by atoms with van der Waals surface area (Å²) in [4.78, 5) is 21.4. The standard InChI is InChI=1S/C24H40FN5O2.HI/c1-4-26-24(28-18-20(10-16-31)17-19(2)3)27-11-9-23(32)30-14-12-29(13-15-30)22-7-5-21(25)6-8-22;/h5-8,19-20,31H,4,9-18H2,1-3H3,(H2,26,27,28);1H. The number of hydrogen-bond donors (Lipinski definition) is 3. The Kier molecular flexibility index (Phi) is 14.3. The van der Waals surface area contributed by atoms with Gasteiger partial charge in [-0.05, 0) is 55.9 Å². The highest BCUT2D eigenvalue weighted by molar-refractivity contribution is 14.0. The number of nitrogens with zero attached hydrogens (tertiary/aromatic N) is 3.